The van der Waals surface area contributed by atoms with Gasteiger partial charge >= 0.3 is 0 Å². The number of fused-ring (bicyclic) bond motifs is 1. The second kappa shape index (κ2) is 4.71. The zero-order valence-corrected chi connectivity index (χ0v) is 10.6. The predicted octanol–water partition coefficient (Wildman–Crippen LogP) is 3.51. The maximum Gasteiger partial charge on any atom is 0.0457 e. The highest BCUT2D eigenvalue weighted by molar-refractivity contribution is 6.31. The van der Waals surface area contributed by atoms with E-state index >= 15 is 0 Å². The zero-order chi connectivity index (χ0) is 11.7. The number of aromatic nitrogens is 1. The third-order valence-electron chi connectivity index (χ3n) is 3.36. The van der Waals surface area contributed by atoms with Crippen LogP contribution >= 0.6 is 11.6 Å². The fraction of sp³-hybridized carbons (Fsp3) is 0.429. The first-order chi connectivity index (χ1) is 8.33. The quantitative estimate of drug-likeness (QED) is 0.779. The molecular formula is C14H17ClN2. The highest BCUT2D eigenvalue weighted by Crippen LogP contribution is 2.23. The molecule has 3 rings (SSSR count). The van der Waals surface area contributed by atoms with Crippen molar-refractivity contribution < 1.29 is 0 Å². The summed E-state index contributed by atoms with van der Waals surface area (Å²) in [5, 5.41) is 5.62. The van der Waals surface area contributed by atoms with Gasteiger partial charge in [-0.3, -0.25) is 0 Å². The summed E-state index contributed by atoms with van der Waals surface area (Å²) in [6, 6.07) is 6.84. The highest BCUT2D eigenvalue weighted by atomic mass is 35.5. The van der Waals surface area contributed by atoms with E-state index in [2.05, 4.69) is 22.6 Å². The molecule has 0 unspecified atom stereocenters. The number of halogens is 1. The Bertz CT molecular complexity index is 514. The Kier molecular flexibility index (Phi) is 3.08. The van der Waals surface area contributed by atoms with Crippen LogP contribution < -0.4 is 5.32 Å². The molecule has 0 aliphatic heterocycles. The summed E-state index contributed by atoms with van der Waals surface area (Å²) < 4.78 is 0. The van der Waals surface area contributed by atoms with E-state index in [9.17, 15) is 0 Å². The Balaban J connectivity index is 1.64. The van der Waals surface area contributed by atoms with Crippen molar-refractivity contribution in [3.63, 3.8) is 0 Å². The number of aryl methyl sites for hydroxylation is 1. The number of rotatable bonds is 5. The van der Waals surface area contributed by atoms with Crippen molar-refractivity contribution in [3.05, 3.63) is 35.0 Å². The van der Waals surface area contributed by atoms with Crippen LogP contribution in [0.25, 0.3) is 10.9 Å². The van der Waals surface area contributed by atoms with Crippen molar-refractivity contribution in [1.82, 2.24) is 10.3 Å². The van der Waals surface area contributed by atoms with E-state index in [0.717, 1.165) is 24.0 Å². The van der Waals surface area contributed by atoms with Gasteiger partial charge in [0.2, 0.25) is 0 Å². The molecular weight excluding hydrogens is 232 g/mol. The van der Waals surface area contributed by atoms with Crippen LogP contribution in [0.5, 0.6) is 0 Å². The van der Waals surface area contributed by atoms with Crippen LogP contribution in [-0.2, 0) is 6.42 Å². The highest BCUT2D eigenvalue weighted by Gasteiger charge is 2.19. The van der Waals surface area contributed by atoms with Gasteiger partial charge in [-0.25, -0.2) is 0 Å². The van der Waals surface area contributed by atoms with Crippen LogP contribution in [0.1, 0.15) is 24.8 Å². The summed E-state index contributed by atoms with van der Waals surface area (Å²) in [4.78, 5) is 3.30. The van der Waals surface area contributed by atoms with Crippen molar-refractivity contribution in [3.8, 4) is 0 Å². The lowest BCUT2D eigenvalue weighted by molar-refractivity contribution is 0.646. The lowest BCUT2D eigenvalue weighted by atomic mass is 10.1. The largest absolute Gasteiger partial charge is 0.361 e. The molecule has 0 spiro atoms. The van der Waals surface area contributed by atoms with Gasteiger partial charge in [-0.15, -0.1) is 0 Å². The van der Waals surface area contributed by atoms with Gasteiger partial charge in [-0.2, -0.15) is 0 Å². The van der Waals surface area contributed by atoms with E-state index in [-0.39, 0.29) is 0 Å². The molecule has 0 saturated heterocycles. The monoisotopic (exact) mass is 248 g/mol. The fourth-order valence-corrected chi connectivity index (χ4v) is 2.40. The SMILES string of the molecule is Clc1ccc2[nH]cc(CCCNC3CC3)c2c1. The second-order valence-corrected chi connectivity index (χ2v) is 5.27. The summed E-state index contributed by atoms with van der Waals surface area (Å²) in [6.45, 7) is 1.12. The minimum Gasteiger partial charge on any atom is -0.361 e. The van der Waals surface area contributed by atoms with E-state index in [1.807, 2.05) is 12.1 Å². The third kappa shape index (κ3) is 2.64. The molecule has 0 bridgehead atoms. The van der Waals surface area contributed by atoms with Crippen LogP contribution in [-0.4, -0.2) is 17.6 Å². The number of H-pyrrole nitrogens is 1. The Labute approximate surface area is 106 Å². The molecule has 1 aliphatic rings. The first-order valence-electron chi connectivity index (χ1n) is 6.32. The van der Waals surface area contributed by atoms with Crippen molar-refractivity contribution in [2.75, 3.05) is 6.54 Å². The normalized spacial score (nSPS) is 15.6. The smallest absolute Gasteiger partial charge is 0.0457 e. The number of benzene rings is 1. The van der Waals surface area contributed by atoms with Crippen LogP contribution in [0.3, 0.4) is 0 Å². The summed E-state index contributed by atoms with van der Waals surface area (Å²) in [7, 11) is 0. The molecule has 17 heavy (non-hydrogen) atoms. The second-order valence-electron chi connectivity index (χ2n) is 4.84. The van der Waals surface area contributed by atoms with Gasteiger partial charge < -0.3 is 10.3 Å². The molecule has 0 amide bonds. The van der Waals surface area contributed by atoms with Crippen LogP contribution in [0, 0.1) is 0 Å². The third-order valence-corrected chi connectivity index (χ3v) is 3.60. The maximum atomic E-state index is 6.03. The summed E-state index contributed by atoms with van der Waals surface area (Å²) >= 11 is 6.03. The number of hydrogen-bond acceptors (Lipinski definition) is 1. The molecule has 1 aliphatic carbocycles. The van der Waals surface area contributed by atoms with E-state index in [1.54, 1.807) is 0 Å². The first kappa shape index (κ1) is 11.1. The summed E-state index contributed by atoms with van der Waals surface area (Å²) in [5.41, 5.74) is 2.56. The maximum absolute atomic E-state index is 6.03. The van der Waals surface area contributed by atoms with E-state index in [4.69, 9.17) is 11.6 Å². The van der Waals surface area contributed by atoms with Crippen molar-refractivity contribution in [2.24, 2.45) is 0 Å². The molecule has 2 aromatic rings. The molecule has 1 heterocycles. The average Bonchev–Trinajstić information content (AvgIpc) is 3.07. The van der Waals surface area contributed by atoms with Gasteiger partial charge in [0.05, 0.1) is 0 Å². The van der Waals surface area contributed by atoms with E-state index in [1.165, 1.54) is 35.7 Å². The Morgan fingerprint density at radius 3 is 3.06 bits per heavy atom. The van der Waals surface area contributed by atoms with Gasteiger partial charge in [-0.1, -0.05) is 11.6 Å². The van der Waals surface area contributed by atoms with Gasteiger partial charge in [-0.05, 0) is 56.0 Å². The lowest BCUT2D eigenvalue weighted by Gasteiger charge is -2.02. The molecule has 1 aromatic heterocycles. The van der Waals surface area contributed by atoms with Gasteiger partial charge in [0.15, 0.2) is 0 Å². The molecule has 2 N–H and O–H groups in total. The minimum atomic E-state index is 0.812. The van der Waals surface area contributed by atoms with Crippen LogP contribution in [0.2, 0.25) is 5.02 Å². The van der Waals surface area contributed by atoms with E-state index < -0.39 is 0 Å². The average molecular weight is 249 g/mol. The molecule has 0 radical (unpaired) electrons. The molecule has 1 saturated carbocycles. The number of nitrogens with one attached hydrogen (secondary N) is 2. The van der Waals surface area contributed by atoms with Crippen molar-refractivity contribution >= 4 is 22.5 Å². The molecule has 1 fully saturated rings. The first-order valence-corrected chi connectivity index (χ1v) is 6.69. The predicted molar refractivity (Wildman–Crippen MR) is 72.7 cm³/mol. The zero-order valence-electron chi connectivity index (χ0n) is 9.80. The van der Waals surface area contributed by atoms with Crippen molar-refractivity contribution in [2.45, 2.75) is 31.7 Å². The Morgan fingerprint density at radius 2 is 2.24 bits per heavy atom. The molecule has 2 nitrogen and oxygen atoms in total. The summed E-state index contributed by atoms with van der Waals surface area (Å²) in [5.74, 6) is 0. The standard InChI is InChI=1S/C14H17ClN2/c15-11-3-6-14-13(8-11)10(9-17-14)2-1-7-16-12-4-5-12/h3,6,8-9,12,16-17H,1-2,4-5,7H2. The lowest BCUT2D eigenvalue weighted by Crippen LogP contribution is -2.17. The van der Waals surface area contributed by atoms with Gasteiger partial charge in [0.1, 0.15) is 0 Å². The topological polar surface area (TPSA) is 27.8 Å². The van der Waals surface area contributed by atoms with Gasteiger partial charge in [0, 0.05) is 28.2 Å². The van der Waals surface area contributed by atoms with E-state index in [0.29, 0.717) is 0 Å². The summed E-state index contributed by atoms with van der Waals surface area (Å²) in [6.07, 6.45) is 7.14. The Hall–Kier alpha value is -0.990. The van der Waals surface area contributed by atoms with Gasteiger partial charge in [0.25, 0.3) is 0 Å². The molecule has 3 heteroatoms. The number of hydrogen-bond donors (Lipinski definition) is 2. The van der Waals surface area contributed by atoms with Crippen LogP contribution in [0.4, 0.5) is 0 Å². The minimum absolute atomic E-state index is 0.812. The molecule has 1 aromatic carbocycles. The van der Waals surface area contributed by atoms with Crippen molar-refractivity contribution in [1.29, 1.82) is 0 Å². The fourth-order valence-electron chi connectivity index (χ4n) is 2.23. The Morgan fingerprint density at radius 1 is 1.35 bits per heavy atom. The molecule has 90 valence electrons. The van der Waals surface area contributed by atoms with Crippen LogP contribution in [0.15, 0.2) is 24.4 Å². The number of aromatic amines is 1. The molecule has 0 atom stereocenters.